The Kier molecular flexibility index (Phi) is 5.92. The highest BCUT2D eigenvalue weighted by Crippen LogP contribution is 2.14. The van der Waals surface area contributed by atoms with Crippen LogP contribution in [0.4, 0.5) is 5.69 Å². The lowest BCUT2D eigenvalue weighted by molar-refractivity contribution is -0.115. The van der Waals surface area contributed by atoms with Crippen molar-refractivity contribution in [3.05, 3.63) is 64.1 Å². The molecule has 0 radical (unpaired) electrons. The van der Waals surface area contributed by atoms with Crippen LogP contribution in [0.1, 0.15) is 11.1 Å². The van der Waals surface area contributed by atoms with Crippen molar-refractivity contribution in [3.63, 3.8) is 0 Å². The van der Waals surface area contributed by atoms with Crippen LogP contribution in [0.15, 0.2) is 53.0 Å². The van der Waals surface area contributed by atoms with Crippen molar-refractivity contribution >= 4 is 37.5 Å². The molecule has 2 rings (SSSR count). The van der Waals surface area contributed by atoms with Crippen molar-refractivity contribution in [2.24, 2.45) is 0 Å². The molecular weight excluding hydrogens is 380 g/mol. The lowest BCUT2D eigenvalue weighted by Gasteiger charge is -2.09. The molecule has 0 atom stereocenters. The standard InChI is InChI=1S/C16H17BrN2O3S/c1-12-5-2-3-8-15(12)19-16(20)10-18-23(21,22)11-13-6-4-7-14(17)9-13/h2-9,18H,10-11H2,1H3,(H,19,20). The van der Waals surface area contributed by atoms with E-state index in [-0.39, 0.29) is 12.3 Å². The predicted octanol–water partition coefficient (Wildman–Crippen LogP) is 2.82. The van der Waals surface area contributed by atoms with Crippen LogP contribution in [0.3, 0.4) is 0 Å². The third kappa shape index (κ3) is 5.78. The van der Waals surface area contributed by atoms with Gasteiger partial charge >= 0.3 is 0 Å². The zero-order valence-corrected chi connectivity index (χ0v) is 14.9. The second-order valence-corrected chi connectivity index (χ2v) is 7.80. The molecule has 1 amide bonds. The third-order valence-electron chi connectivity index (χ3n) is 3.12. The van der Waals surface area contributed by atoms with E-state index in [1.54, 1.807) is 30.3 Å². The first kappa shape index (κ1) is 17.7. The van der Waals surface area contributed by atoms with Gasteiger partial charge in [-0.25, -0.2) is 13.1 Å². The summed E-state index contributed by atoms with van der Waals surface area (Å²) in [5.41, 5.74) is 2.23. The highest BCUT2D eigenvalue weighted by atomic mass is 79.9. The fraction of sp³-hybridized carbons (Fsp3) is 0.188. The van der Waals surface area contributed by atoms with Gasteiger partial charge in [0.1, 0.15) is 0 Å². The Bertz CT molecular complexity index is 806. The van der Waals surface area contributed by atoms with E-state index in [4.69, 9.17) is 0 Å². The zero-order valence-electron chi connectivity index (χ0n) is 12.5. The van der Waals surface area contributed by atoms with Crippen molar-refractivity contribution in [1.82, 2.24) is 4.72 Å². The second-order valence-electron chi connectivity index (χ2n) is 5.07. The van der Waals surface area contributed by atoms with Crippen LogP contribution in [0.25, 0.3) is 0 Å². The number of anilines is 1. The largest absolute Gasteiger partial charge is 0.325 e. The molecule has 0 aliphatic rings. The number of carbonyl (C=O) groups excluding carboxylic acids is 1. The average Bonchev–Trinajstić information content (AvgIpc) is 2.47. The number of sulfonamides is 1. The van der Waals surface area contributed by atoms with Crippen LogP contribution in [0.5, 0.6) is 0 Å². The number of para-hydroxylation sites is 1. The number of hydrogen-bond acceptors (Lipinski definition) is 3. The summed E-state index contributed by atoms with van der Waals surface area (Å²) in [6.07, 6.45) is 0. The minimum Gasteiger partial charge on any atom is -0.325 e. The molecule has 5 nitrogen and oxygen atoms in total. The SMILES string of the molecule is Cc1ccccc1NC(=O)CNS(=O)(=O)Cc1cccc(Br)c1. The maximum Gasteiger partial charge on any atom is 0.239 e. The predicted molar refractivity (Wildman–Crippen MR) is 94.6 cm³/mol. The van der Waals surface area contributed by atoms with Gasteiger partial charge in [-0.05, 0) is 36.2 Å². The van der Waals surface area contributed by atoms with Crippen LogP contribution in [-0.4, -0.2) is 20.9 Å². The number of hydrogen-bond donors (Lipinski definition) is 2. The third-order valence-corrected chi connectivity index (χ3v) is 4.91. The maximum atomic E-state index is 12.0. The number of carbonyl (C=O) groups is 1. The molecule has 0 unspecified atom stereocenters. The molecule has 2 aromatic rings. The van der Waals surface area contributed by atoms with E-state index in [1.165, 1.54) is 0 Å². The summed E-state index contributed by atoms with van der Waals surface area (Å²) in [4.78, 5) is 11.9. The first-order chi connectivity index (χ1) is 10.9. The van der Waals surface area contributed by atoms with Gasteiger partial charge in [0.05, 0.1) is 12.3 Å². The number of aryl methyl sites for hydroxylation is 1. The van der Waals surface area contributed by atoms with Crippen molar-refractivity contribution < 1.29 is 13.2 Å². The zero-order chi connectivity index (χ0) is 16.9. The van der Waals surface area contributed by atoms with Gasteiger partial charge in [-0.15, -0.1) is 0 Å². The number of amides is 1. The Balaban J connectivity index is 1.91. The molecule has 7 heteroatoms. The quantitative estimate of drug-likeness (QED) is 0.787. The second kappa shape index (κ2) is 7.72. The Labute approximate surface area is 144 Å². The molecule has 0 aliphatic carbocycles. The number of benzene rings is 2. The Morgan fingerprint density at radius 3 is 2.57 bits per heavy atom. The number of nitrogens with one attached hydrogen (secondary N) is 2. The summed E-state index contributed by atoms with van der Waals surface area (Å²) >= 11 is 3.30. The summed E-state index contributed by atoms with van der Waals surface area (Å²) < 4.78 is 27.2. The molecule has 0 saturated carbocycles. The van der Waals surface area contributed by atoms with E-state index in [0.717, 1.165) is 10.0 Å². The molecule has 122 valence electrons. The topological polar surface area (TPSA) is 75.3 Å². The van der Waals surface area contributed by atoms with Gasteiger partial charge in [-0.1, -0.05) is 46.3 Å². The highest BCUT2D eigenvalue weighted by Gasteiger charge is 2.14. The maximum absolute atomic E-state index is 12.0. The molecule has 0 bridgehead atoms. The summed E-state index contributed by atoms with van der Waals surface area (Å²) in [6.45, 7) is 1.57. The summed E-state index contributed by atoms with van der Waals surface area (Å²) in [5.74, 6) is -0.582. The van der Waals surface area contributed by atoms with Gasteiger partial charge in [0.15, 0.2) is 0 Å². The molecule has 23 heavy (non-hydrogen) atoms. The molecule has 2 N–H and O–H groups in total. The minimum absolute atomic E-state index is 0.177. The van der Waals surface area contributed by atoms with Gasteiger partial charge in [-0.3, -0.25) is 4.79 Å². The van der Waals surface area contributed by atoms with Crippen LogP contribution >= 0.6 is 15.9 Å². The van der Waals surface area contributed by atoms with Gasteiger partial charge < -0.3 is 5.32 Å². The van der Waals surface area contributed by atoms with Crippen LogP contribution in [0.2, 0.25) is 0 Å². The van der Waals surface area contributed by atoms with Crippen molar-refractivity contribution in [2.75, 3.05) is 11.9 Å². The fourth-order valence-electron chi connectivity index (χ4n) is 1.98. The average molecular weight is 397 g/mol. The molecule has 0 fully saturated rings. The number of halogens is 1. The lowest BCUT2D eigenvalue weighted by atomic mass is 10.2. The van der Waals surface area contributed by atoms with Crippen molar-refractivity contribution in [3.8, 4) is 0 Å². The number of rotatable bonds is 6. The molecule has 0 aromatic heterocycles. The molecule has 0 heterocycles. The van der Waals surface area contributed by atoms with Gasteiger partial charge in [-0.2, -0.15) is 0 Å². The van der Waals surface area contributed by atoms with Gasteiger partial charge in [0, 0.05) is 10.2 Å². The molecule has 2 aromatic carbocycles. The van der Waals surface area contributed by atoms with E-state index in [0.29, 0.717) is 11.3 Å². The fourth-order valence-corrected chi connectivity index (χ4v) is 3.50. The normalized spacial score (nSPS) is 11.2. The summed E-state index contributed by atoms with van der Waals surface area (Å²) in [7, 11) is -3.58. The molecular formula is C16H17BrN2O3S. The highest BCUT2D eigenvalue weighted by molar-refractivity contribution is 9.10. The van der Waals surface area contributed by atoms with Crippen LogP contribution < -0.4 is 10.0 Å². The molecule has 0 saturated heterocycles. The van der Waals surface area contributed by atoms with E-state index in [9.17, 15) is 13.2 Å². The van der Waals surface area contributed by atoms with E-state index in [2.05, 4.69) is 26.0 Å². The van der Waals surface area contributed by atoms with Gasteiger partial charge in [0.2, 0.25) is 15.9 Å². The van der Waals surface area contributed by atoms with Crippen LogP contribution in [0, 0.1) is 6.92 Å². The van der Waals surface area contributed by atoms with Crippen molar-refractivity contribution in [2.45, 2.75) is 12.7 Å². The first-order valence-electron chi connectivity index (χ1n) is 6.93. The summed E-state index contributed by atoms with van der Waals surface area (Å²) in [5, 5.41) is 2.68. The van der Waals surface area contributed by atoms with E-state index < -0.39 is 15.9 Å². The Morgan fingerprint density at radius 1 is 1.13 bits per heavy atom. The molecule has 0 spiro atoms. The molecule has 0 aliphatic heterocycles. The van der Waals surface area contributed by atoms with Crippen molar-refractivity contribution in [1.29, 1.82) is 0 Å². The van der Waals surface area contributed by atoms with Crippen LogP contribution in [-0.2, 0) is 20.6 Å². The van der Waals surface area contributed by atoms with Gasteiger partial charge in [0.25, 0.3) is 0 Å². The monoisotopic (exact) mass is 396 g/mol. The minimum atomic E-state index is -3.58. The first-order valence-corrected chi connectivity index (χ1v) is 9.37. The Hall–Kier alpha value is -1.70. The smallest absolute Gasteiger partial charge is 0.239 e. The Morgan fingerprint density at radius 2 is 1.87 bits per heavy atom. The summed E-state index contributed by atoms with van der Waals surface area (Å²) in [6, 6.07) is 14.3. The lowest BCUT2D eigenvalue weighted by Crippen LogP contribution is -2.33. The van der Waals surface area contributed by atoms with E-state index >= 15 is 0 Å². The van der Waals surface area contributed by atoms with E-state index in [1.807, 2.05) is 25.1 Å².